The van der Waals surface area contributed by atoms with Gasteiger partial charge in [-0.1, -0.05) is 0 Å². The molecule has 0 atom stereocenters. The summed E-state index contributed by atoms with van der Waals surface area (Å²) in [6.45, 7) is 2.40. The van der Waals surface area contributed by atoms with Crippen molar-refractivity contribution in [1.29, 1.82) is 0 Å². The van der Waals surface area contributed by atoms with Crippen LogP contribution in [0.2, 0.25) is 0 Å². The second-order valence-corrected chi connectivity index (χ2v) is 6.86. The Balaban J connectivity index is 2.22. The molecule has 1 saturated heterocycles. The van der Waals surface area contributed by atoms with Crippen LogP contribution in [0, 0.1) is 6.92 Å². The molecular weight excluding hydrogens is 296 g/mol. The van der Waals surface area contributed by atoms with E-state index in [0.717, 1.165) is 12.8 Å². The topological polar surface area (TPSA) is 88.9 Å². The molecule has 1 N–H and O–H groups in total. The van der Waals surface area contributed by atoms with Gasteiger partial charge in [0.05, 0.1) is 7.11 Å². The molecule has 1 aliphatic heterocycles. The molecule has 2 heterocycles. The number of methoxy groups -OCH3 is 1. The van der Waals surface area contributed by atoms with Crippen LogP contribution in [0.4, 0.5) is 0 Å². The molecule has 0 aromatic carbocycles. The quantitative estimate of drug-likeness (QED) is 0.825. The number of sulfonamides is 1. The first-order chi connectivity index (χ1) is 9.90. The molecule has 21 heavy (non-hydrogen) atoms. The molecule has 2 rings (SSSR count). The summed E-state index contributed by atoms with van der Waals surface area (Å²) in [5.74, 6) is -0.364. The lowest BCUT2D eigenvalue weighted by Gasteiger charge is -2.30. The van der Waals surface area contributed by atoms with Crippen molar-refractivity contribution >= 4 is 16.0 Å². The number of furan rings is 1. The Hall–Kier alpha value is -1.38. The van der Waals surface area contributed by atoms with Crippen molar-refractivity contribution in [1.82, 2.24) is 9.62 Å². The fourth-order valence-electron chi connectivity index (χ4n) is 2.41. The van der Waals surface area contributed by atoms with Gasteiger partial charge in [0.15, 0.2) is 0 Å². The molecule has 0 aliphatic carbocycles. The van der Waals surface area contributed by atoms with Gasteiger partial charge in [-0.2, -0.15) is 4.31 Å². The van der Waals surface area contributed by atoms with Crippen molar-refractivity contribution in [2.24, 2.45) is 0 Å². The van der Waals surface area contributed by atoms with E-state index in [1.54, 1.807) is 6.92 Å². The van der Waals surface area contributed by atoms with E-state index in [1.807, 2.05) is 7.05 Å². The summed E-state index contributed by atoms with van der Waals surface area (Å²) in [5.41, 5.74) is 0.140. The Bertz CT molecular complexity index is 615. The van der Waals surface area contributed by atoms with Gasteiger partial charge < -0.3 is 14.5 Å². The summed E-state index contributed by atoms with van der Waals surface area (Å²) in [6, 6.07) is 1.57. The summed E-state index contributed by atoms with van der Waals surface area (Å²) < 4.78 is 36.3. The molecular formula is C13H20N2O5S. The van der Waals surface area contributed by atoms with Gasteiger partial charge >= 0.3 is 5.97 Å². The standard InChI is InChI=1S/C13H20N2O5S/c1-9-11(13(16)19-3)8-12(20-9)21(17,18)15-6-4-10(14-2)5-7-15/h8,10,14H,4-7H2,1-3H3. The van der Waals surface area contributed by atoms with E-state index in [9.17, 15) is 13.2 Å². The highest BCUT2D eigenvalue weighted by molar-refractivity contribution is 7.89. The van der Waals surface area contributed by atoms with E-state index in [2.05, 4.69) is 10.1 Å². The van der Waals surface area contributed by atoms with Crippen LogP contribution in [-0.4, -0.2) is 52.0 Å². The van der Waals surface area contributed by atoms with Crippen molar-refractivity contribution in [2.45, 2.75) is 30.9 Å². The van der Waals surface area contributed by atoms with Gasteiger partial charge in [-0.25, -0.2) is 13.2 Å². The maximum absolute atomic E-state index is 12.5. The second-order valence-electron chi connectivity index (χ2n) is 4.99. The largest absolute Gasteiger partial charge is 0.465 e. The van der Waals surface area contributed by atoms with Gasteiger partial charge in [0.1, 0.15) is 11.3 Å². The van der Waals surface area contributed by atoms with E-state index in [4.69, 9.17) is 4.42 Å². The smallest absolute Gasteiger partial charge is 0.341 e. The molecule has 0 bridgehead atoms. The van der Waals surface area contributed by atoms with Gasteiger partial charge in [0.2, 0.25) is 5.09 Å². The van der Waals surface area contributed by atoms with Crippen molar-refractivity contribution in [3.8, 4) is 0 Å². The maximum atomic E-state index is 12.5. The predicted octanol–water partition coefficient (Wildman–Crippen LogP) is 0.747. The number of aryl methyl sites for hydroxylation is 1. The molecule has 1 aliphatic rings. The zero-order valence-corrected chi connectivity index (χ0v) is 13.2. The number of rotatable bonds is 4. The molecule has 0 spiro atoms. The molecule has 0 unspecified atom stereocenters. The molecule has 118 valence electrons. The minimum Gasteiger partial charge on any atom is -0.465 e. The summed E-state index contributed by atoms with van der Waals surface area (Å²) in [5, 5.41) is 2.94. The average molecular weight is 316 g/mol. The number of ether oxygens (including phenoxy) is 1. The lowest BCUT2D eigenvalue weighted by atomic mass is 10.1. The lowest BCUT2D eigenvalue weighted by molar-refractivity contribution is 0.0599. The highest BCUT2D eigenvalue weighted by Crippen LogP contribution is 2.25. The Morgan fingerprint density at radius 2 is 2.05 bits per heavy atom. The number of esters is 1. The molecule has 0 radical (unpaired) electrons. The van der Waals surface area contributed by atoms with Gasteiger partial charge in [-0.3, -0.25) is 0 Å². The van der Waals surface area contributed by atoms with Gasteiger partial charge in [0, 0.05) is 25.2 Å². The third kappa shape index (κ3) is 3.12. The predicted molar refractivity (Wildman–Crippen MR) is 75.6 cm³/mol. The van der Waals surface area contributed by atoms with Gasteiger partial charge in [-0.05, 0) is 26.8 Å². The number of hydrogen-bond donors (Lipinski definition) is 1. The van der Waals surface area contributed by atoms with Crippen LogP contribution in [-0.2, 0) is 14.8 Å². The molecule has 1 aromatic heterocycles. The Morgan fingerprint density at radius 1 is 1.43 bits per heavy atom. The SMILES string of the molecule is CNC1CCN(S(=O)(=O)c2cc(C(=O)OC)c(C)o2)CC1. The van der Waals surface area contributed by atoms with Crippen LogP contribution in [0.15, 0.2) is 15.6 Å². The minimum atomic E-state index is -3.71. The number of nitrogens with zero attached hydrogens (tertiary/aromatic N) is 1. The molecule has 1 fully saturated rings. The minimum absolute atomic E-state index is 0.140. The van der Waals surface area contributed by atoms with Gasteiger partial charge in [-0.15, -0.1) is 0 Å². The summed E-state index contributed by atoms with van der Waals surface area (Å²) in [4.78, 5) is 11.5. The first-order valence-electron chi connectivity index (χ1n) is 6.76. The highest BCUT2D eigenvalue weighted by Gasteiger charge is 2.32. The Labute approximate surface area is 124 Å². The van der Waals surface area contributed by atoms with Crippen molar-refractivity contribution < 1.29 is 22.4 Å². The van der Waals surface area contributed by atoms with E-state index < -0.39 is 16.0 Å². The Morgan fingerprint density at radius 3 is 2.57 bits per heavy atom. The van der Waals surface area contributed by atoms with Crippen molar-refractivity contribution in [2.75, 3.05) is 27.2 Å². The molecule has 7 nitrogen and oxygen atoms in total. The normalized spacial score (nSPS) is 17.9. The van der Waals surface area contributed by atoms with Crippen LogP contribution in [0.5, 0.6) is 0 Å². The van der Waals surface area contributed by atoms with Gasteiger partial charge in [0.25, 0.3) is 10.0 Å². The molecule has 0 saturated carbocycles. The van der Waals surface area contributed by atoms with Crippen molar-refractivity contribution in [3.05, 3.63) is 17.4 Å². The van der Waals surface area contributed by atoms with Crippen LogP contribution < -0.4 is 5.32 Å². The van der Waals surface area contributed by atoms with Crippen LogP contribution in [0.1, 0.15) is 29.0 Å². The maximum Gasteiger partial charge on any atom is 0.341 e. The second kappa shape index (κ2) is 6.17. The number of hydrogen-bond acceptors (Lipinski definition) is 6. The summed E-state index contributed by atoms with van der Waals surface area (Å²) in [7, 11) is -0.596. The Kier molecular flexibility index (Phi) is 4.70. The molecule has 1 aromatic rings. The highest BCUT2D eigenvalue weighted by atomic mass is 32.2. The van der Waals surface area contributed by atoms with E-state index in [-0.39, 0.29) is 16.4 Å². The third-order valence-electron chi connectivity index (χ3n) is 3.76. The first-order valence-corrected chi connectivity index (χ1v) is 8.20. The number of carbonyl (C=O) groups is 1. The monoisotopic (exact) mass is 316 g/mol. The lowest BCUT2D eigenvalue weighted by Crippen LogP contribution is -2.43. The van der Waals surface area contributed by atoms with Crippen LogP contribution in [0.3, 0.4) is 0 Å². The first kappa shape index (κ1) is 16.0. The fraction of sp³-hybridized carbons (Fsp3) is 0.615. The number of nitrogens with one attached hydrogen (secondary N) is 1. The summed E-state index contributed by atoms with van der Waals surface area (Å²) in [6.07, 6.45) is 1.50. The third-order valence-corrected chi connectivity index (χ3v) is 5.51. The molecule has 8 heteroatoms. The van der Waals surface area contributed by atoms with E-state index >= 15 is 0 Å². The van der Waals surface area contributed by atoms with E-state index in [0.29, 0.717) is 19.1 Å². The average Bonchev–Trinajstić information content (AvgIpc) is 2.89. The zero-order valence-electron chi connectivity index (χ0n) is 12.4. The van der Waals surface area contributed by atoms with Crippen LogP contribution in [0.25, 0.3) is 0 Å². The number of carbonyl (C=O) groups excluding carboxylic acids is 1. The fourth-order valence-corrected chi connectivity index (χ4v) is 3.85. The van der Waals surface area contributed by atoms with E-state index in [1.165, 1.54) is 17.5 Å². The van der Waals surface area contributed by atoms with Crippen molar-refractivity contribution in [3.63, 3.8) is 0 Å². The number of piperidine rings is 1. The summed E-state index contributed by atoms with van der Waals surface area (Å²) >= 11 is 0. The molecule has 0 amide bonds. The zero-order chi connectivity index (χ0) is 15.6. The van der Waals surface area contributed by atoms with Crippen LogP contribution >= 0.6 is 0 Å².